The van der Waals surface area contributed by atoms with E-state index in [9.17, 15) is 24.0 Å². The minimum absolute atomic E-state index is 0.00132. The standard InChI is InChI=1S/C33H38ClN3O9Si/c1-8-33(45-26(39)11-12-35-31(42)46-32(3,4)5)23-14-25-27-21(15-37(25)29(40)22(23)16-43-30(33)41)28(47(6,7)17-34)20-13-19(44-18(2)38)9-10-24(20)36-27/h9-10,13-14H,8,11-12,15-17H2,1-7H3,(H,35,42)/t33-/m0/s1. The molecule has 2 aromatic heterocycles. The fourth-order valence-corrected chi connectivity index (χ4v) is 8.59. The van der Waals surface area contributed by atoms with Gasteiger partial charge in [-0.05, 0) is 62.2 Å². The lowest BCUT2D eigenvalue weighted by atomic mass is 9.85. The summed E-state index contributed by atoms with van der Waals surface area (Å²) in [5.41, 5.74) is 0.365. The molecule has 1 N–H and O–H groups in total. The summed E-state index contributed by atoms with van der Waals surface area (Å²) in [5.74, 6) is -1.63. The molecule has 250 valence electrons. The van der Waals surface area contributed by atoms with E-state index in [1.807, 2.05) is 0 Å². The van der Waals surface area contributed by atoms with E-state index in [0.29, 0.717) is 28.2 Å². The highest BCUT2D eigenvalue weighted by Gasteiger charge is 2.50. The van der Waals surface area contributed by atoms with Crippen LogP contribution in [-0.2, 0) is 47.3 Å². The van der Waals surface area contributed by atoms with E-state index in [1.165, 1.54) is 6.92 Å². The number of carbonyl (C=O) groups excluding carboxylic acids is 4. The van der Waals surface area contributed by atoms with Crippen molar-refractivity contribution in [3.05, 3.63) is 51.3 Å². The first kappa shape index (κ1) is 34.1. The van der Waals surface area contributed by atoms with Gasteiger partial charge in [-0.15, -0.1) is 11.6 Å². The second-order valence-corrected chi connectivity index (χ2v) is 18.7. The lowest BCUT2D eigenvalue weighted by molar-refractivity contribution is -0.189. The van der Waals surface area contributed by atoms with Gasteiger partial charge in [0.25, 0.3) is 5.56 Å². The predicted molar refractivity (Wildman–Crippen MR) is 176 cm³/mol. The van der Waals surface area contributed by atoms with Crippen LogP contribution in [0.2, 0.25) is 13.1 Å². The largest absolute Gasteiger partial charge is 0.457 e. The third kappa shape index (κ3) is 6.38. The molecule has 0 saturated carbocycles. The number of alkyl halides is 1. The van der Waals surface area contributed by atoms with E-state index >= 15 is 0 Å². The Morgan fingerprint density at radius 2 is 1.87 bits per heavy atom. The van der Waals surface area contributed by atoms with Crippen molar-refractivity contribution in [2.24, 2.45) is 0 Å². The Hall–Kier alpha value is -4.23. The first-order valence-electron chi connectivity index (χ1n) is 15.4. The molecule has 14 heteroatoms. The third-order valence-corrected chi connectivity index (χ3v) is 12.8. The molecule has 0 bridgehead atoms. The quantitative estimate of drug-likeness (QED) is 0.0942. The maximum atomic E-state index is 14.1. The van der Waals surface area contributed by atoms with Gasteiger partial charge in [-0.1, -0.05) is 20.0 Å². The van der Waals surface area contributed by atoms with Crippen LogP contribution in [0, 0.1) is 0 Å². The average Bonchev–Trinajstić information content (AvgIpc) is 3.34. The van der Waals surface area contributed by atoms with Crippen LogP contribution in [0.4, 0.5) is 4.79 Å². The van der Waals surface area contributed by atoms with Gasteiger partial charge >= 0.3 is 24.0 Å². The molecule has 1 atom stereocenters. The number of carbonyl (C=O) groups is 4. The normalized spacial score (nSPS) is 16.9. The van der Waals surface area contributed by atoms with Gasteiger partial charge in [0.05, 0.1) is 43.5 Å². The highest BCUT2D eigenvalue weighted by atomic mass is 35.5. The zero-order valence-corrected chi connectivity index (χ0v) is 29.3. The van der Waals surface area contributed by atoms with Crippen molar-refractivity contribution in [1.29, 1.82) is 0 Å². The summed E-state index contributed by atoms with van der Waals surface area (Å²) in [6.07, 6.45) is -0.940. The summed E-state index contributed by atoms with van der Waals surface area (Å²) >= 11 is 6.56. The van der Waals surface area contributed by atoms with Gasteiger partial charge in [0.2, 0.25) is 5.60 Å². The highest BCUT2D eigenvalue weighted by Crippen LogP contribution is 2.41. The monoisotopic (exact) mass is 683 g/mol. The molecule has 1 aromatic carbocycles. The first-order chi connectivity index (χ1) is 22.0. The number of fused-ring (bicyclic) bond motifs is 5. The van der Waals surface area contributed by atoms with Crippen molar-refractivity contribution < 1.29 is 38.1 Å². The van der Waals surface area contributed by atoms with Crippen molar-refractivity contribution in [3.63, 3.8) is 0 Å². The Balaban J connectivity index is 1.58. The number of rotatable bonds is 8. The number of cyclic esters (lactones) is 1. The third-order valence-electron chi connectivity index (χ3n) is 8.18. The molecule has 1 amide bonds. The van der Waals surface area contributed by atoms with Crippen molar-refractivity contribution in [2.75, 3.05) is 12.0 Å². The number of amides is 1. The fraction of sp³-hybridized carbons (Fsp3) is 0.455. The molecule has 4 heterocycles. The Bertz CT molecular complexity index is 1880. The number of esters is 3. The molecule has 0 unspecified atom stereocenters. The maximum Gasteiger partial charge on any atom is 0.407 e. The van der Waals surface area contributed by atoms with Crippen LogP contribution in [0.15, 0.2) is 29.1 Å². The van der Waals surface area contributed by atoms with Gasteiger partial charge in [-0.2, -0.15) is 0 Å². The van der Waals surface area contributed by atoms with Crippen molar-refractivity contribution >= 4 is 59.8 Å². The van der Waals surface area contributed by atoms with Gasteiger partial charge in [0.1, 0.15) is 18.0 Å². The maximum absolute atomic E-state index is 14.1. The number of nitrogens with one attached hydrogen (secondary N) is 1. The SMILES string of the molecule is CC[C@@]1(OC(=O)CCNC(=O)OC(C)(C)C)C(=O)OCc2c1cc1n(c2=O)Cc2c-1nc1ccc(OC(C)=O)cc1c2[Si](C)(C)CCl. The van der Waals surface area contributed by atoms with Crippen LogP contribution in [0.1, 0.15) is 64.2 Å². The summed E-state index contributed by atoms with van der Waals surface area (Å²) in [5, 5.41) is 4.28. The van der Waals surface area contributed by atoms with Crippen LogP contribution < -0.4 is 20.8 Å². The molecule has 0 fully saturated rings. The lowest BCUT2D eigenvalue weighted by Gasteiger charge is -2.35. The minimum atomic E-state index is -2.35. The molecule has 12 nitrogen and oxygen atoms in total. The molecule has 2 aliphatic heterocycles. The van der Waals surface area contributed by atoms with Crippen molar-refractivity contribution in [3.8, 4) is 17.1 Å². The van der Waals surface area contributed by atoms with Crippen LogP contribution in [0.3, 0.4) is 0 Å². The second kappa shape index (κ2) is 12.4. The van der Waals surface area contributed by atoms with Crippen LogP contribution >= 0.6 is 11.6 Å². The van der Waals surface area contributed by atoms with Crippen LogP contribution in [0.5, 0.6) is 5.75 Å². The van der Waals surface area contributed by atoms with Crippen molar-refractivity contribution in [2.45, 2.75) is 84.9 Å². The Morgan fingerprint density at radius 3 is 2.51 bits per heavy atom. The van der Waals surface area contributed by atoms with Crippen LogP contribution in [0.25, 0.3) is 22.3 Å². The second-order valence-electron chi connectivity index (χ2n) is 13.3. The minimum Gasteiger partial charge on any atom is -0.457 e. The molecule has 0 radical (unpaired) electrons. The topological polar surface area (TPSA) is 152 Å². The number of aromatic nitrogens is 2. The van der Waals surface area contributed by atoms with E-state index in [0.717, 1.165) is 16.1 Å². The number of halogens is 1. The number of alkyl carbamates (subject to hydrolysis) is 1. The fourth-order valence-electron chi connectivity index (χ4n) is 6.11. The Kier molecular flexibility index (Phi) is 9.01. The number of pyridine rings is 2. The number of hydrogen-bond donors (Lipinski definition) is 1. The van der Waals surface area contributed by atoms with Gasteiger partial charge in [0.15, 0.2) is 0 Å². The molecule has 0 spiro atoms. The summed E-state index contributed by atoms with van der Waals surface area (Å²) in [7, 11) is -2.35. The van der Waals surface area contributed by atoms with E-state index in [4.69, 9.17) is 35.5 Å². The van der Waals surface area contributed by atoms with Crippen molar-refractivity contribution in [1.82, 2.24) is 14.9 Å². The van der Waals surface area contributed by atoms with Crippen LogP contribution in [-0.4, -0.2) is 59.3 Å². The highest BCUT2D eigenvalue weighted by molar-refractivity contribution is 6.95. The van der Waals surface area contributed by atoms with Gasteiger partial charge in [-0.25, -0.2) is 14.6 Å². The van der Waals surface area contributed by atoms with Gasteiger partial charge in [0, 0.05) is 29.9 Å². The summed E-state index contributed by atoms with van der Waals surface area (Å²) in [4.78, 5) is 69.3. The zero-order chi connectivity index (χ0) is 34.5. The van der Waals surface area contributed by atoms with E-state index < -0.39 is 43.3 Å². The Labute approximate surface area is 277 Å². The molecular weight excluding hydrogens is 646 g/mol. The van der Waals surface area contributed by atoms with E-state index in [2.05, 4.69) is 18.4 Å². The average molecular weight is 684 g/mol. The Morgan fingerprint density at radius 1 is 1.15 bits per heavy atom. The molecule has 0 saturated heterocycles. The smallest absolute Gasteiger partial charge is 0.407 e. The first-order valence-corrected chi connectivity index (χ1v) is 19.1. The molecular formula is C33H38ClN3O9Si. The number of nitrogens with zero attached hydrogens (tertiary/aromatic N) is 2. The molecule has 47 heavy (non-hydrogen) atoms. The number of hydrogen-bond acceptors (Lipinski definition) is 10. The molecule has 3 aromatic rings. The molecule has 2 aliphatic rings. The zero-order valence-electron chi connectivity index (χ0n) is 27.5. The summed E-state index contributed by atoms with van der Waals surface area (Å²) < 4.78 is 23.4. The van der Waals surface area contributed by atoms with E-state index in [1.54, 1.807) is 56.5 Å². The lowest BCUT2D eigenvalue weighted by Crippen LogP contribution is -2.48. The van der Waals surface area contributed by atoms with Gasteiger partial charge in [-0.3, -0.25) is 14.4 Å². The molecule has 0 aliphatic carbocycles. The number of ether oxygens (including phenoxy) is 4. The molecule has 5 rings (SSSR count). The predicted octanol–water partition coefficient (Wildman–Crippen LogP) is 4.16. The van der Waals surface area contributed by atoms with E-state index in [-0.39, 0.29) is 49.2 Å². The summed E-state index contributed by atoms with van der Waals surface area (Å²) in [6, 6.07) is 6.90. The number of benzene rings is 1. The van der Waals surface area contributed by atoms with Gasteiger partial charge < -0.3 is 28.8 Å². The summed E-state index contributed by atoms with van der Waals surface area (Å²) in [6.45, 7) is 12.2.